The molecule has 0 aromatic rings. The molecule has 1 rings (SSSR count). The zero-order chi connectivity index (χ0) is 11.4. The lowest BCUT2D eigenvalue weighted by Gasteiger charge is -2.37. The van der Waals surface area contributed by atoms with Gasteiger partial charge in [-0.05, 0) is 26.2 Å². The number of amides is 1. The van der Waals surface area contributed by atoms with E-state index >= 15 is 0 Å². The van der Waals surface area contributed by atoms with E-state index in [1.807, 2.05) is 6.92 Å². The third kappa shape index (κ3) is 3.47. The van der Waals surface area contributed by atoms with Crippen molar-refractivity contribution >= 4 is 5.91 Å². The van der Waals surface area contributed by atoms with E-state index in [4.69, 9.17) is 5.73 Å². The van der Waals surface area contributed by atoms with Gasteiger partial charge in [-0.15, -0.1) is 0 Å². The number of primary amides is 1. The van der Waals surface area contributed by atoms with Gasteiger partial charge in [0.1, 0.15) is 0 Å². The maximum absolute atomic E-state index is 11.1. The molecule has 0 bridgehead atoms. The highest BCUT2D eigenvalue weighted by molar-refractivity contribution is 5.76. The summed E-state index contributed by atoms with van der Waals surface area (Å²) in [5.41, 5.74) is 5.31. The van der Waals surface area contributed by atoms with Gasteiger partial charge in [0, 0.05) is 19.1 Å². The van der Waals surface area contributed by atoms with Crippen LogP contribution >= 0.6 is 0 Å². The fourth-order valence-corrected chi connectivity index (χ4v) is 2.07. The monoisotopic (exact) mass is 214 g/mol. The summed E-state index contributed by atoms with van der Waals surface area (Å²) in [6, 6.07) is 0.446. The molecule has 0 aromatic heterocycles. The number of carbonyl (C=O) groups excluding carboxylic acids is 1. The average Bonchev–Trinajstić information content (AvgIpc) is 2.20. The summed E-state index contributed by atoms with van der Waals surface area (Å²) in [5, 5.41) is 9.59. The zero-order valence-corrected chi connectivity index (χ0v) is 9.65. The van der Waals surface area contributed by atoms with E-state index in [1.165, 1.54) is 0 Å². The smallest absolute Gasteiger partial charge is 0.221 e. The van der Waals surface area contributed by atoms with Crippen LogP contribution in [0.5, 0.6) is 0 Å². The van der Waals surface area contributed by atoms with E-state index < -0.39 is 0 Å². The van der Waals surface area contributed by atoms with Gasteiger partial charge in [-0.2, -0.15) is 0 Å². The molecule has 4 heteroatoms. The van der Waals surface area contributed by atoms with Crippen LogP contribution in [-0.4, -0.2) is 41.1 Å². The topological polar surface area (TPSA) is 66.6 Å². The zero-order valence-electron chi connectivity index (χ0n) is 9.65. The fourth-order valence-electron chi connectivity index (χ4n) is 2.07. The number of aliphatic hydroxyl groups is 1. The molecule has 0 aromatic carbocycles. The molecule has 1 amide bonds. The number of carbonyl (C=O) groups is 1. The summed E-state index contributed by atoms with van der Waals surface area (Å²) in [7, 11) is 0. The van der Waals surface area contributed by atoms with Crippen molar-refractivity contribution in [3.05, 3.63) is 0 Å². The maximum Gasteiger partial charge on any atom is 0.221 e. The Labute approximate surface area is 91.4 Å². The Kier molecular flexibility index (Phi) is 4.54. The number of rotatable bonds is 4. The van der Waals surface area contributed by atoms with Crippen LogP contribution in [0.1, 0.15) is 33.1 Å². The average molecular weight is 214 g/mol. The van der Waals surface area contributed by atoms with Crippen molar-refractivity contribution in [2.45, 2.75) is 45.3 Å². The minimum absolute atomic E-state index is 0.0368. The molecule has 3 unspecified atom stereocenters. The first-order valence-corrected chi connectivity index (χ1v) is 5.76. The molecule has 0 spiro atoms. The Balaban J connectivity index is 2.49. The predicted octanol–water partition coefficient (Wildman–Crippen LogP) is 0.343. The Bertz CT molecular complexity index is 221. The molecule has 0 radical (unpaired) electrons. The Morgan fingerprint density at radius 1 is 1.60 bits per heavy atom. The molecule has 1 aliphatic rings. The minimum Gasteiger partial charge on any atom is -0.392 e. The third-order valence-electron chi connectivity index (χ3n) is 3.33. The SMILES string of the molecule is CCC(O)CN1CC(C(N)=O)CCC1C. The van der Waals surface area contributed by atoms with Crippen LogP contribution in [0.2, 0.25) is 0 Å². The number of β-amino-alcohol motifs (C(OH)–C–C–N with tert-alkyl or cyclic N) is 1. The molecule has 4 nitrogen and oxygen atoms in total. The number of nitrogens with two attached hydrogens (primary N) is 1. The van der Waals surface area contributed by atoms with Gasteiger partial charge in [-0.3, -0.25) is 9.69 Å². The Morgan fingerprint density at radius 3 is 2.80 bits per heavy atom. The number of piperidine rings is 1. The van der Waals surface area contributed by atoms with E-state index in [-0.39, 0.29) is 17.9 Å². The van der Waals surface area contributed by atoms with E-state index in [0.717, 1.165) is 19.3 Å². The standard InChI is InChI=1S/C11H22N2O2/c1-3-10(14)7-13-6-9(11(12)15)5-4-8(13)2/h8-10,14H,3-7H2,1-2H3,(H2,12,15). The highest BCUT2D eigenvalue weighted by atomic mass is 16.3. The van der Waals surface area contributed by atoms with E-state index in [9.17, 15) is 9.90 Å². The first-order chi connectivity index (χ1) is 7.04. The number of hydrogen-bond donors (Lipinski definition) is 2. The van der Waals surface area contributed by atoms with Gasteiger partial charge in [-0.25, -0.2) is 0 Å². The van der Waals surface area contributed by atoms with Crippen molar-refractivity contribution < 1.29 is 9.90 Å². The molecule has 1 saturated heterocycles. The second-order valence-corrected chi connectivity index (χ2v) is 4.54. The molecule has 3 N–H and O–H groups in total. The van der Waals surface area contributed by atoms with Crippen molar-refractivity contribution in [2.24, 2.45) is 11.7 Å². The molecule has 1 aliphatic heterocycles. The lowest BCUT2D eigenvalue weighted by atomic mass is 9.92. The van der Waals surface area contributed by atoms with Crippen LogP contribution in [0.15, 0.2) is 0 Å². The number of hydrogen-bond acceptors (Lipinski definition) is 3. The van der Waals surface area contributed by atoms with Gasteiger partial charge in [-0.1, -0.05) is 6.92 Å². The van der Waals surface area contributed by atoms with E-state index in [1.54, 1.807) is 0 Å². The Hall–Kier alpha value is -0.610. The summed E-state index contributed by atoms with van der Waals surface area (Å²) in [6.45, 7) is 5.46. The summed E-state index contributed by atoms with van der Waals surface area (Å²) >= 11 is 0. The quantitative estimate of drug-likeness (QED) is 0.709. The van der Waals surface area contributed by atoms with Crippen molar-refractivity contribution in [2.75, 3.05) is 13.1 Å². The Morgan fingerprint density at radius 2 is 2.27 bits per heavy atom. The van der Waals surface area contributed by atoms with Gasteiger partial charge in [0.05, 0.1) is 12.0 Å². The van der Waals surface area contributed by atoms with Gasteiger partial charge in [0.15, 0.2) is 0 Å². The van der Waals surface area contributed by atoms with Gasteiger partial charge in [0.2, 0.25) is 5.91 Å². The highest BCUT2D eigenvalue weighted by Crippen LogP contribution is 2.21. The molecule has 1 heterocycles. The van der Waals surface area contributed by atoms with Crippen LogP contribution in [0, 0.1) is 5.92 Å². The lowest BCUT2D eigenvalue weighted by Crippen LogP contribution is -2.48. The molecular weight excluding hydrogens is 192 g/mol. The normalized spacial score (nSPS) is 30.1. The van der Waals surface area contributed by atoms with Gasteiger partial charge < -0.3 is 10.8 Å². The van der Waals surface area contributed by atoms with Gasteiger partial charge >= 0.3 is 0 Å². The summed E-state index contributed by atoms with van der Waals surface area (Å²) in [4.78, 5) is 13.3. The number of nitrogens with zero attached hydrogens (tertiary/aromatic N) is 1. The molecule has 1 fully saturated rings. The van der Waals surface area contributed by atoms with E-state index in [0.29, 0.717) is 19.1 Å². The molecule has 15 heavy (non-hydrogen) atoms. The first-order valence-electron chi connectivity index (χ1n) is 5.76. The fraction of sp³-hybridized carbons (Fsp3) is 0.909. The summed E-state index contributed by atoms with van der Waals surface area (Å²) in [5.74, 6) is -0.247. The largest absolute Gasteiger partial charge is 0.392 e. The molecule has 0 saturated carbocycles. The first kappa shape index (κ1) is 12.5. The lowest BCUT2D eigenvalue weighted by molar-refractivity contribution is -0.124. The highest BCUT2D eigenvalue weighted by Gasteiger charge is 2.29. The van der Waals surface area contributed by atoms with Crippen LogP contribution in [0.25, 0.3) is 0 Å². The minimum atomic E-state index is -0.293. The molecule has 88 valence electrons. The van der Waals surface area contributed by atoms with Crippen molar-refractivity contribution in [3.63, 3.8) is 0 Å². The molecule has 0 aliphatic carbocycles. The number of likely N-dealkylation sites (tertiary alicyclic amines) is 1. The number of aliphatic hydroxyl groups excluding tert-OH is 1. The van der Waals surface area contributed by atoms with Crippen molar-refractivity contribution in [1.29, 1.82) is 0 Å². The maximum atomic E-state index is 11.1. The van der Waals surface area contributed by atoms with Crippen LogP contribution < -0.4 is 5.73 Å². The van der Waals surface area contributed by atoms with Crippen molar-refractivity contribution in [1.82, 2.24) is 4.90 Å². The molecule has 3 atom stereocenters. The summed E-state index contributed by atoms with van der Waals surface area (Å²) < 4.78 is 0. The van der Waals surface area contributed by atoms with Crippen molar-refractivity contribution in [3.8, 4) is 0 Å². The third-order valence-corrected chi connectivity index (χ3v) is 3.33. The second-order valence-electron chi connectivity index (χ2n) is 4.54. The van der Waals surface area contributed by atoms with E-state index in [2.05, 4.69) is 11.8 Å². The summed E-state index contributed by atoms with van der Waals surface area (Å²) in [6.07, 6.45) is 2.34. The second kappa shape index (κ2) is 5.47. The van der Waals surface area contributed by atoms with Crippen LogP contribution in [-0.2, 0) is 4.79 Å². The van der Waals surface area contributed by atoms with Crippen LogP contribution in [0.4, 0.5) is 0 Å². The molecular formula is C11H22N2O2. The predicted molar refractivity (Wildman–Crippen MR) is 59.3 cm³/mol. The van der Waals surface area contributed by atoms with Crippen LogP contribution in [0.3, 0.4) is 0 Å². The van der Waals surface area contributed by atoms with Gasteiger partial charge in [0.25, 0.3) is 0 Å².